The summed E-state index contributed by atoms with van der Waals surface area (Å²) in [5.74, 6) is 0. The number of aromatic amines is 1. The fourth-order valence-electron chi connectivity index (χ4n) is 2.44. The summed E-state index contributed by atoms with van der Waals surface area (Å²) in [6, 6.07) is 1.77. The summed E-state index contributed by atoms with van der Waals surface area (Å²) < 4.78 is 6.99. The number of ether oxygens (including phenoxy) is 1. The molecule has 1 saturated heterocycles. The molecule has 3 rings (SSSR count). The van der Waals surface area contributed by atoms with Crippen LogP contribution in [0.15, 0.2) is 23.3 Å². The molecular formula is C14H20N4O3. The Morgan fingerprint density at radius 1 is 1.48 bits per heavy atom. The maximum atomic E-state index is 12.0. The van der Waals surface area contributed by atoms with Crippen molar-refractivity contribution in [3.63, 3.8) is 0 Å². The molecule has 0 spiro atoms. The second-order valence-electron chi connectivity index (χ2n) is 6.23. The third-order valence-electron chi connectivity index (χ3n) is 3.40. The lowest BCUT2D eigenvalue weighted by Gasteiger charge is -2.40. The number of nitrogens with zero attached hydrogens (tertiary/aromatic N) is 3. The number of carbonyl (C=O) groups excluding carboxylic acids is 1. The molecule has 0 saturated carbocycles. The van der Waals surface area contributed by atoms with Crippen molar-refractivity contribution >= 4 is 17.1 Å². The van der Waals surface area contributed by atoms with Crippen molar-refractivity contribution in [2.24, 2.45) is 0 Å². The first kappa shape index (κ1) is 13.7. The Balaban J connectivity index is 0.00000176. The number of fused-ring (bicyclic) bond motifs is 1. The number of amides is 1. The van der Waals surface area contributed by atoms with Gasteiger partial charge in [-0.3, -0.25) is 9.55 Å². The van der Waals surface area contributed by atoms with Crippen LogP contribution in [0.25, 0.3) is 11.0 Å². The van der Waals surface area contributed by atoms with Crippen molar-refractivity contribution in [1.82, 2.24) is 19.4 Å². The molecule has 3 heterocycles. The molecule has 0 aliphatic carbocycles. The van der Waals surface area contributed by atoms with E-state index < -0.39 is 5.60 Å². The summed E-state index contributed by atoms with van der Waals surface area (Å²) in [5.41, 5.74) is 0.833. The Bertz CT molecular complexity index is 740. The summed E-state index contributed by atoms with van der Waals surface area (Å²) in [5, 5.41) is 0. The first-order valence-electron chi connectivity index (χ1n) is 6.87. The van der Waals surface area contributed by atoms with Gasteiger partial charge in [0.25, 0.3) is 0 Å². The SMILES string of the molecule is CC(C)(C)OC(=O)N1CC(n2c(=O)[nH]c3cnccc32)C1.[HH]. The number of carbonyl (C=O) groups is 1. The van der Waals surface area contributed by atoms with E-state index in [1.165, 1.54) is 0 Å². The van der Waals surface area contributed by atoms with Gasteiger partial charge in [-0.25, -0.2) is 9.59 Å². The van der Waals surface area contributed by atoms with Gasteiger partial charge in [0.05, 0.1) is 23.3 Å². The Labute approximate surface area is 123 Å². The van der Waals surface area contributed by atoms with E-state index in [1.54, 1.807) is 27.9 Å². The molecule has 7 heteroatoms. The van der Waals surface area contributed by atoms with Crippen LogP contribution in [0.3, 0.4) is 0 Å². The van der Waals surface area contributed by atoms with Gasteiger partial charge in [0, 0.05) is 20.7 Å². The zero-order chi connectivity index (χ0) is 15.2. The fraction of sp³-hybridized carbons (Fsp3) is 0.500. The summed E-state index contributed by atoms with van der Waals surface area (Å²) in [6.07, 6.45) is 2.93. The lowest BCUT2D eigenvalue weighted by Crippen LogP contribution is -2.53. The largest absolute Gasteiger partial charge is 0.444 e. The molecule has 1 aliphatic rings. The average molecular weight is 292 g/mol. The number of likely N-dealkylation sites (tertiary alicyclic amines) is 1. The van der Waals surface area contributed by atoms with Crippen molar-refractivity contribution in [1.29, 1.82) is 0 Å². The van der Waals surface area contributed by atoms with E-state index in [9.17, 15) is 9.59 Å². The molecule has 0 atom stereocenters. The zero-order valence-electron chi connectivity index (χ0n) is 12.3. The third-order valence-corrected chi connectivity index (χ3v) is 3.40. The van der Waals surface area contributed by atoms with Crippen molar-refractivity contribution in [3.8, 4) is 0 Å². The van der Waals surface area contributed by atoms with Gasteiger partial charge in [-0.05, 0) is 26.8 Å². The molecule has 1 amide bonds. The normalized spacial score (nSPS) is 16.0. The van der Waals surface area contributed by atoms with Gasteiger partial charge < -0.3 is 14.6 Å². The molecule has 21 heavy (non-hydrogen) atoms. The summed E-state index contributed by atoms with van der Waals surface area (Å²) in [6.45, 7) is 6.45. The van der Waals surface area contributed by atoms with Crippen LogP contribution in [0, 0.1) is 0 Å². The Morgan fingerprint density at radius 3 is 2.86 bits per heavy atom. The van der Waals surface area contributed by atoms with E-state index >= 15 is 0 Å². The molecule has 0 unspecified atom stereocenters. The van der Waals surface area contributed by atoms with Crippen LogP contribution in [0.2, 0.25) is 0 Å². The van der Waals surface area contributed by atoms with Gasteiger partial charge in [0.1, 0.15) is 5.60 Å². The van der Waals surface area contributed by atoms with Crippen LogP contribution in [0.1, 0.15) is 28.2 Å². The van der Waals surface area contributed by atoms with E-state index in [0.29, 0.717) is 18.6 Å². The molecule has 2 aromatic rings. The van der Waals surface area contributed by atoms with Gasteiger partial charge in [-0.15, -0.1) is 0 Å². The van der Waals surface area contributed by atoms with E-state index in [1.807, 2.05) is 20.8 Å². The van der Waals surface area contributed by atoms with Crippen molar-refractivity contribution in [2.45, 2.75) is 32.4 Å². The number of aromatic nitrogens is 3. The van der Waals surface area contributed by atoms with Crippen LogP contribution >= 0.6 is 0 Å². The minimum atomic E-state index is -0.508. The maximum Gasteiger partial charge on any atom is 0.410 e. The van der Waals surface area contributed by atoms with Crippen molar-refractivity contribution in [2.75, 3.05) is 13.1 Å². The first-order valence-corrected chi connectivity index (χ1v) is 6.87. The number of hydrogen-bond donors (Lipinski definition) is 1. The minimum Gasteiger partial charge on any atom is -0.444 e. The van der Waals surface area contributed by atoms with Crippen LogP contribution < -0.4 is 5.69 Å². The number of nitrogens with one attached hydrogen (secondary N) is 1. The number of imidazole rings is 1. The summed E-state index contributed by atoms with van der Waals surface area (Å²) in [4.78, 5) is 32.3. The van der Waals surface area contributed by atoms with Crippen LogP contribution in [0.4, 0.5) is 4.79 Å². The van der Waals surface area contributed by atoms with E-state index in [4.69, 9.17) is 4.74 Å². The molecule has 0 radical (unpaired) electrons. The second-order valence-corrected chi connectivity index (χ2v) is 6.23. The molecule has 1 N–H and O–H groups in total. The minimum absolute atomic E-state index is 0. The predicted molar refractivity (Wildman–Crippen MR) is 79.3 cm³/mol. The van der Waals surface area contributed by atoms with Crippen LogP contribution in [0.5, 0.6) is 0 Å². The molecule has 0 aromatic carbocycles. The Hall–Kier alpha value is -2.31. The van der Waals surface area contributed by atoms with Gasteiger partial charge in [0.15, 0.2) is 0 Å². The number of H-pyrrole nitrogens is 1. The van der Waals surface area contributed by atoms with E-state index in [2.05, 4.69) is 9.97 Å². The standard InChI is InChI=1S/C14H18N4O3.H2/c1-14(2,3)21-13(20)17-7-9(8-17)18-11-4-5-15-6-10(11)16-12(18)19;/h4-6,9H,7-8H2,1-3H3,(H,16,19);1H. The van der Waals surface area contributed by atoms with Crippen molar-refractivity contribution < 1.29 is 11.0 Å². The highest BCUT2D eigenvalue weighted by atomic mass is 16.6. The van der Waals surface area contributed by atoms with E-state index in [-0.39, 0.29) is 19.3 Å². The number of pyridine rings is 1. The monoisotopic (exact) mass is 292 g/mol. The van der Waals surface area contributed by atoms with Gasteiger partial charge in [-0.2, -0.15) is 0 Å². The molecule has 1 aliphatic heterocycles. The molecular weight excluding hydrogens is 272 g/mol. The van der Waals surface area contributed by atoms with Gasteiger partial charge >= 0.3 is 11.8 Å². The van der Waals surface area contributed by atoms with Crippen LogP contribution in [-0.4, -0.2) is 44.2 Å². The fourth-order valence-corrected chi connectivity index (χ4v) is 2.44. The smallest absolute Gasteiger partial charge is 0.410 e. The number of rotatable bonds is 1. The highest BCUT2D eigenvalue weighted by molar-refractivity contribution is 5.74. The zero-order valence-corrected chi connectivity index (χ0v) is 12.3. The maximum absolute atomic E-state index is 12.0. The quantitative estimate of drug-likeness (QED) is 0.868. The topological polar surface area (TPSA) is 80.2 Å². The molecule has 1 fully saturated rings. The highest BCUT2D eigenvalue weighted by Crippen LogP contribution is 2.25. The van der Waals surface area contributed by atoms with Crippen molar-refractivity contribution in [3.05, 3.63) is 28.9 Å². The lowest BCUT2D eigenvalue weighted by molar-refractivity contribution is 0.00116. The molecule has 114 valence electrons. The highest BCUT2D eigenvalue weighted by Gasteiger charge is 2.36. The lowest BCUT2D eigenvalue weighted by atomic mass is 10.1. The number of hydrogen-bond acceptors (Lipinski definition) is 4. The summed E-state index contributed by atoms with van der Waals surface area (Å²) >= 11 is 0. The first-order chi connectivity index (χ1) is 9.85. The summed E-state index contributed by atoms with van der Waals surface area (Å²) in [7, 11) is 0. The predicted octanol–water partition coefficient (Wildman–Crippen LogP) is 1.76. The third kappa shape index (κ3) is 2.51. The van der Waals surface area contributed by atoms with E-state index in [0.717, 1.165) is 5.52 Å². The molecule has 0 bridgehead atoms. The van der Waals surface area contributed by atoms with Crippen LogP contribution in [-0.2, 0) is 4.74 Å². The van der Waals surface area contributed by atoms with Gasteiger partial charge in [0.2, 0.25) is 0 Å². The Kier molecular flexibility index (Phi) is 3.00. The average Bonchev–Trinajstić information content (AvgIpc) is 2.62. The Morgan fingerprint density at radius 2 is 2.19 bits per heavy atom. The molecule has 2 aromatic heterocycles. The molecule has 7 nitrogen and oxygen atoms in total. The van der Waals surface area contributed by atoms with Gasteiger partial charge in [-0.1, -0.05) is 0 Å². The second kappa shape index (κ2) is 4.61.